The van der Waals surface area contributed by atoms with Crippen molar-refractivity contribution in [3.8, 4) is 22.5 Å². The van der Waals surface area contributed by atoms with Crippen molar-refractivity contribution in [2.45, 2.75) is 43.8 Å². The van der Waals surface area contributed by atoms with Crippen LogP contribution in [0.2, 0.25) is 0 Å². The second-order valence-electron chi connectivity index (χ2n) is 10.8. The summed E-state index contributed by atoms with van der Waals surface area (Å²) in [5, 5.41) is 5.64. The molecule has 0 radical (unpaired) electrons. The van der Waals surface area contributed by atoms with E-state index in [0.29, 0.717) is 11.5 Å². The highest BCUT2D eigenvalue weighted by atomic mass is 19.4. The third-order valence-corrected chi connectivity index (χ3v) is 7.86. The Bertz CT molecular complexity index is 1680. The number of alkyl halides is 3. The molecular formula is C30H24F5N3O3. The van der Waals surface area contributed by atoms with E-state index in [1.165, 1.54) is 43.4 Å². The molecule has 3 saturated carbocycles. The topological polar surface area (TPSA) is 84.2 Å². The van der Waals surface area contributed by atoms with Gasteiger partial charge in [0, 0.05) is 35.7 Å². The summed E-state index contributed by atoms with van der Waals surface area (Å²) in [6, 6.07) is 10.2. The van der Waals surface area contributed by atoms with E-state index in [0.717, 1.165) is 31.4 Å². The number of nitrogens with zero attached hydrogens (tertiary/aromatic N) is 1. The van der Waals surface area contributed by atoms with E-state index in [-0.39, 0.29) is 50.3 Å². The van der Waals surface area contributed by atoms with E-state index in [1.807, 2.05) is 0 Å². The van der Waals surface area contributed by atoms with Gasteiger partial charge in [0.15, 0.2) is 0 Å². The van der Waals surface area contributed by atoms with Gasteiger partial charge in [0.05, 0.1) is 16.6 Å². The number of hydrogen-bond donors (Lipinski definition) is 2. The summed E-state index contributed by atoms with van der Waals surface area (Å²) in [7, 11) is 1.39. The van der Waals surface area contributed by atoms with E-state index < -0.39 is 42.5 Å². The molecule has 2 aromatic carbocycles. The standard InChI is InChI=1S/C30H24F5N3O3/c1-36-27(40)24-22-11-21(17-8-18(10-20(32)9-17)26(39)38-29-12-15(13-29)14-29)23(6-7-30(33,34)35)37-28(22)41-25(24)16-2-4-19(31)5-3-16/h2-5,8-11,15H,6-7,12-14H2,1H3,(H,36,40)(H,38,39). The van der Waals surface area contributed by atoms with Crippen LogP contribution in [0, 0.1) is 17.6 Å². The molecule has 41 heavy (non-hydrogen) atoms. The number of fused-ring (bicyclic) bond motifs is 1. The summed E-state index contributed by atoms with van der Waals surface area (Å²) >= 11 is 0. The van der Waals surface area contributed by atoms with Gasteiger partial charge in [0.1, 0.15) is 17.4 Å². The first kappa shape index (κ1) is 26.9. The van der Waals surface area contributed by atoms with Crippen molar-refractivity contribution in [1.29, 1.82) is 0 Å². The van der Waals surface area contributed by atoms with E-state index in [1.54, 1.807) is 0 Å². The predicted molar refractivity (Wildman–Crippen MR) is 140 cm³/mol. The summed E-state index contributed by atoms with van der Waals surface area (Å²) in [5.74, 6) is -1.65. The number of halogens is 5. The van der Waals surface area contributed by atoms with Gasteiger partial charge < -0.3 is 15.1 Å². The number of aryl methyl sites for hydroxylation is 1. The van der Waals surface area contributed by atoms with Crippen molar-refractivity contribution in [2.75, 3.05) is 7.05 Å². The Morgan fingerprint density at radius 3 is 2.29 bits per heavy atom. The van der Waals surface area contributed by atoms with Gasteiger partial charge >= 0.3 is 6.18 Å². The van der Waals surface area contributed by atoms with Crippen molar-refractivity contribution >= 4 is 22.9 Å². The zero-order valence-corrected chi connectivity index (χ0v) is 21.8. The largest absolute Gasteiger partial charge is 0.437 e. The molecule has 0 saturated heterocycles. The van der Waals surface area contributed by atoms with Crippen molar-refractivity contribution in [1.82, 2.24) is 15.6 Å². The van der Waals surface area contributed by atoms with Crippen LogP contribution in [0.25, 0.3) is 33.6 Å². The molecule has 212 valence electrons. The highest BCUT2D eigenvalue weighted by molar-refractivity contribution is 6.11. The van der Waals surface area contributed by atoms with Gasteiger partial charge in [0.25, 0.3) is 11.8 Å². The molecule has 0 spiro atoms. The lowest BCUT2D eigenvalue weighted by atomic mass is 9.50. The van der Waals surface area contributed by atoms with Gasteiger partial charge in [0.2, 0.25) is 5.71 Å². The van der Waals surface area contributed by atoms with Crippen LogP contribution in [-0.2, 0) is 6.42 Å². The molecule has 7 rings (SSSR count). The maximum atomic E-state index is 14.9. The van der Waals surface area contributed by atoms with Gasteiger partial charge in [-0.25, -0.2) is 13.8 Å². The smallest absolute Gasteiger partial charge is 0.389 e. The van der Waals surface area contributed by atoms with Crippen LogP contribution in [0.15, 0.2) is 52.9 Å². The summed E-state index contributed by atoms with van der Waals surface area (Å²) < 4.78 is 74.0. The van der Waals surface area contributed by atoms with Crippen LogP contribution in [0.3, 0.4) is 0 Å². The summed E-state index contributed by atoms with van der Waals surface area (Å²) in [5.41, 5.74) is 0.239. The molecule has 2 aromatic heterocycles. The zero-order valence-electron chi connectivity index (χ0n) is 21.8. The first-order chi connectivity index (χ1) is 19.4. The third kappa shape index (κ3) is 5.05. The molecule has 2 N–H and O–H groups in total. The predicted octanol–water partition coefficient (Wildman–Crippen LogP) is 6.58. The molecule has 4 aromatic rings. The van der Waals surface area contributed by atoms with Crippen LogP contribution >= 0.6 is 0 Å². The monoisotopic (exact) mass is 569 g/mol. The number of carbonyl (C=O) groups is 2. The molecule has 11 heteroatoms. The number of hydrogen-bond acceptors (Lipinski definition) is 4. The molecule has 0 atom stereocenters. The fourth-order valence-electron chi connectivity index (χ4n) is 5.74. The molecule has 0 unspecified atom stereocenters. The average molecular weight is 570 g/mol. The quantitative estimate of drug-likeness (QED) is 0.247. The maximum absolute atomic E-state index is 14.9. The fourth-order valence-corrected chi connectivity index (χ4v) is 5.74. The van der Waals surface area contributed by atoms with Crippen molar-refractivity contribution in [2.24, 2.45) is 5.92 Å². The molecular weight excluding hydrogens is 545 g/mol. The fraction of sp³-hybridized carbons (Fsp3) is 0.300. The Morgan fingerprint density at radius 2 is 1.68 bits per heavy atom. The zero-order chi connectivity index (χ0) is 29.1. The Labute approximate surface area is 230 Å². The number of nitrogens with one attached hydrogen (secondary N) is 2. The Balaban J connectivity index is 1.50. The minimum atomic E-state index is -4.50. The molecule has 3 aliphatic rings. The SMILES string of the molecule is CNC(=O)c1c(-c2ccc(F)cc2)oc2nc(CCC(F)(F)F)c(-c3cc(F)cc(C(=O)NC45CC(C4)C5)c3)cc12. The highest BCUT2D eigenvalue weighted by Crippen LogP contribution is 2.57. The lowest BCUT2D eigenvalue weighted by Crippen LogP contribution is -2.68. The molecule has 0 aliphatic heterocycles. The number of rotatable bonds is 7. The van der Waals surface area contributed by atoms with Gasteiger partial charge in [-0.3, -0.25) is 9.59 Å². The highest BCUT2D eigenvalue weighted by Gasteiger charge is 2.57. The second kappa shape index (κ2) is 9.67. The van der Waals surface area contributed by atoms with E-state index in [2.05, 4.69) is 15.6 Å². The molecule has 2 bridgehead atoms. The van der Waals surface area contributed by atoms with Crippen molar-refractivity contribution in [3.63, 3.8) is 0 Å². The number of aromatic nitrogens is 1. The third-order valence-electron chi connectivity index (χ3n) is 7.86. The van der Waals surface area contributed by atoms with E-state index in [9.17, 15) is 31.5 Å². The van der Waals surface area contributed by atoms with Crippen LogP contribution in [-0.4, -0.2) is 35.6 Å². The second-order valence-corrected chi connectivity index (χ2v) is 10.8. The first-order valence-electron chi connectivity index (χ1n) is 13.1. The molecule has 2 heterocycles. The van der Waals surface area contributed by atoms with Gasteiger partial charge in [-0.15, -0.1) is 0 Å². The lowest BCUT2D eigenvalue weighted by Gasteiger charge is -2.61. The minimum Gasteiger partial charge on any atom is -0.437 e. The molecule has 2 amide bonds. The lowest BCUT2D eigenvalue weighted by molar-refractivity contribution is -0.134. The molecule has 6 nitrogen and oxygen atoms in total. The summed E-state index contributed by atoms with van der Waals surface area (Å²) in [6.45, 7) is 0. The van der Waals surface area contributed by atoms with Crippen LogP contribution < -0.4 is 10.6 Å². The number of pyridine rings is 1. The summed E-state index contributed by atoms with van der Waals surface area (Å²) in [6.07, 6.45) is -3.64. The molecule has 3 fully saturated rings. The van der Waals surface area contributed by atoms with Gasteiger partial charge in [-0.2, -0.15) is 13.2 Å². The van der Waals surface area contributed by atoms with Gasteiger partial charge in [-0.05, 0) is 85.7 Å². The number of benzene rings is 2. The molecule has 3 aliphatic carbocycles. The Hall–Kier alpha value is -4.28. The number of amides is 2. The number of furan rings is 1. The first-order valence-corrected chi connectivity index (χ1v) is 13.1. The van der Waals surface area contributed by atoms with Crippen molar-refractivity contribution < 1.29 is 36.0 Å². The van der Waals surface area contributed by atoms with Crippen LogP contribution in [0.1, 0.15) is 52.1 Å². The van der Waals surface area contributed by atoms with E-state index >= 15 is 0 Å². The van der Waals surface area contributed by atoms with Crippen LogP contribution in [0.4, 0.5) is 22.0 Å². The normalized spacial score (nSPS) is 19.4. The van der Waals surface area contributed by atoms with Gasteiger partial charge in [-0.1, -0.05) is 0 Å². The number of carbonyl (C=O) groups excluding carboxylic acids is 2. The summed E-state index contributed by atoms with van der Waals surface area (Å²) in [4.78, 5) is 30.3. The maximum Gasteiger partial charge on any atom is 0.389 e. The Morgan fingerprint density at radius 1 is 0.976 bits per heavy atom. The van der Waals surface area contributed by atoms with Crippen LogP contribution in [0.5, 0.6) is 0 Å². The van der Waals surface area contributed by atoms with Crippen molar-refractivity contribution in [3.05, 3.63) is 77.0 Å². The van der Waals surface area contributed by atoms with E-state index in [4.69, 9.17) is 4.42 Å². The minimum absolute atomic E-state index is 0.0253. The average Bonchev–Trinajstić information content (AvgIpc) is 3.25. The Kier molecular flexibility index (Phi) is 6.35.